The first-order chi connectivity index (χ1) is 10.1. The number of amides is 1. The van der Waals surface area contributed by atoms with Crippen LogP contribution in [0.15, 0.2) is 36.5 Å². The molecule has 7 heteroatoms. The zero-order chi connectivity index (χ0) is 14.9. The average Bonchev–Trinajstić information content (AvgIpc) is 2.93. The molecule has 0 radical (unpaired) electrons. The summed E-state index contributed by atoms with van der Waals surface area (Å²) in [6.07, 6.45) is 3.02. The second kappa shape index (κ2) is 5.01. The normalized spacial score (nSPS) is 16.0. The highest BCUT2D eigenvalue weighted by atomic mass is 16.4. The van der Waals surface area contributed by atoms with E-state index in [1.807, 2.05) is 30.3 Å². The minimum absolute atomic E-state index is 0.103. The smallest absolute Gasteiger partial charge is 0.329 e. The third kappa shape index (κ3) is 2.37. The molecule has 2 aromatic rings. The van der Waals surface area contributed by atoms with Crippen LogP contribution in [0.1, 0.15) is 29.8 Å². The Morgan fingerprint density at radius 1 is 1.24 bits per heavy atom. The summed E-state index contributed by atoms with van der Waals surface area (Å²) in [5.74, 6) is -1.52. The van der Waals surface area contributed by atoms with Crippen LogP contribution in [0.25, 0.3) is 5.69 Å². The number of carbonyl (C=O) groups excluding carboxylic acids is 1. The Morgan fingerprint density at radius 3 is 2.52 bits per heavy atom. The third-order valence-corrected chi connectivity index (χ3v) is 3.68. The molecule has 1 aliphatic carbocycles. The molecular weight excluding hydrogens is 272 g/mol. The Labute approximate surface area is 120 Å². The minimum Gasteiger partial charge on any atom is -0.480 e. The van der Waals surface area contributed by atoms with Crippen LogP contribution < -0.4 is 5.32 Å². The first-order valence-electron chi connectivity index (χ1n) is 6.64. The summed E-state index contributed by atoms with van der Waals surface area (Å²) in [6, 6.07) is 9.17. The predicted molar refractivity (Wildman–Crippen MR) is 73.0 cm³/mol. The van der Waals surface area contributed by atoms with Gasteiger partial charge in [-0.1, -0.05) is 18.2 Å². The van der Waals surface area contributed by atoms with Gasteiger partial charge in [-0.3, -0.25) is 4.79 Å². The van der Waals surface area contributed by atoms with Gasteiger partial charge in [0, 0.05) is 0 Å². The van der Waals surface area contributed by atoms with Gasteiger partial charge in [0.2, 0.25) is 0 Å². The molecule has 0 atom stereocenters. The Bertz CT molecular complexity index is 677. The molecule has 1 saturated carbocycles. The van der Waals surface area contributed by atoms with Crippen LogP contribution in [0.5, 0.6) is 0 Å². The molecule has 0 spiro atoms. The van der Waals surface area contributed by atoms with Gasteiger partial charge in [0.15, 0.2) is 5.69 Å². The van der Waals surface area contributed by atoms with E-state index in [4.69, 9.17) is 0 Å². The van der Waals surface area contributed by atoms with E-state index in [-0.39, 0.29) is 5.69 Å². The van der Waals surface area contributed by atoms with Crippen LogP contribution >= 0.6 is 0 Å². The summed E-state index contributed by atoms with van der Waals surface area (Å²) in [7, 11) is 0. The van der Waals surface area contributed by atoms with Gasteiger partial charge in [-0.05, 0) is 31.4 Å². The number of hydrogen-bond acceptors (Lipinski definition) is 4. The van der Waals surface area contributed by atoms with Crippen molar-refractivity contribution in [3.8, 4) is 5.69 Å². The lowest BCUT2D eigenvalue weighted by Gasteiger charge is -2.37. The highest BCUT2D eigenvalue weighted by molar-refractivity contribution is 5.96. The Morgan fingerprint density at radius 2 is 1.95 bits per heavy atom. The molecule has 7 nitrogen and oxygen atoms in total. The SMILES string of the molecule is O=C(NC1(C(=O)O)CCC1)c1cnn(-c2ccccc2)n1. The quantitative estimate of drug-likeness (QED) is 0.874. The molecule has 3 rings (SSSR count). The van der Waals surface area contributed by atoms with Crippen molar-refractivity contribution in [1.82, 2.24) is 20.3 Å². The number of carboxylic acids is 1. The van der Waals surface area contributed by atoms with E-state index in [0.717, 1.165) is 12.1 Å². The molecule has 1 fully saturated rings. The number of para-hydroxylation sites is 1. The molecule has 21 heavy (non-hydrogen) atoms. The first-order valence-corrected chi connectivity index (χ1v) is 6.64. The van der Waals surface area contributed by atoms with Crippen LogP contribution in [0.3, 0.4) is 0 Å². The number of benzene rings is 1. The molecule has 1 aromatic carbocycles. The standard InChI is InChI=1S/C14H14N4O3/c19-12(16-14(13(20)21)7-4-8-14)11-9-15-18(17-11)10-5-2-1-3-6-10/h1-3,5-6,9H,4,7-8H2,(H,16,19)(H,20,21). The van der Waals surface area contributed by atoms with Crippen molar-refractivity contribution in [2.45, 2.75) is 24.8 Å². The molecule has 108 valence electrons. The van der Waals surface area contributed by atoms with Gasteiger partial charge in [-0.25, -0.2) is 4.79 Å². The number of carboxylic acid groups (broad SMARTS) is 1. The van der Waals surface area contributed by atoms with Gasteiger partial charge in [-0.2, -0.15) is 9.90 Å². The lowest BCUT2D eigenvalue weighted by atomic mass is 9.76. The highest BCUT2D eigenvalue weighted by Crippen LogP contribution is 2.32. The number of nitrogens with zero attached hydrogens (tertiary/aromatic N) is 3. The minimum atomic E-state index is -1.15. The topological polar surface area (TPSA) is 97.1 Å². The molecule has 1 aromatic heterocycles. The molecule has 0 saturated heterocycles. The fourth-order valence-corrected chi connectivity index (χ4v) is 2.26. The van der Waals surface area contributed by atoms with Crippen LogP contribution in [-0.2, 0) is 4.79 Å². The van der Waals surface area contributed by atoms with Crippen molar-refractivity contribution in [3.63, 3.8) is 0 Å². The second-order valence-corrected chi connectivity index (χ2v) is 5.05. The summed E-state index contributed by atoms with van der Waals surface area (Å²) in [6.45, 7) is 0. The number of nitrogens with one attached hydrogen (secondary N) is 1. The van der Waals surface area contributed by atoms with E-state index in [1.165, 1.54) is 11.0 Å². The molecule has 0 unspecified atom stereocenters. The monoisotopic (exact) mass is 286 g/mol. The Kier molecular flexibility index (Phi) is 3.17. The van der Waals surface area contributed by atoms with Crippen LogP contribution in [-0.4, -0.2) is 37.5 Å². The summed E-state index contributed by atoms with van der Waals surface area (Å²) < 4.78 is 0. The summed E-state index contributed by atoms with van der Waals surface area (Å²) in [5, 5.41) is 19.9. The van der Waals surface area contributed by atoms with E-state index in [1.54, 1.807) is 0 Å². The maximum absolute atomic E-state index is 12.1. The maximum Gasteiger partial charge on any atom is 0.329 e. The maximum atomic E-state index is 12.1. The fraction of sp³-hybridized carbons (Fsp3) is 0.286. The second-order valence-electron chi connectivity index (χ2n) is 5.05. The molecule has 1 aliphatic rings. The lowest BCUT2D eigenvalue weighted by molar-refractivity contribution is -0.148. The van der Waals surface area contributed by atoms with E-state index >= 15 is 0 Å². The third-order valence-electron chi connectivity index (χ3n) is 3.68. The van der Waals surface area contributed by atoms with Gasteiger partial charge in [0.05, 0.1) is 11.9 Å². The van der Waals surface area contributed by atoms with Crippen molar-refractivity contribution in [2.24, 2.45) is 0 Å². The summed E-state index contributed by atoms with van der Waals surface area (Å²) >= 11 is 0. The molecule has 2 N–H and O–H groups in total. The molecule has 0 aliphatic heterocycles. The van der Waals surface area contributed by atoms with Crippen molar-refractivity contribution in [1.29, 1.82) is 0 Å². The molecule has 1 heterocycles. The number of hydrogen-bond donors (Lipinski definition) is 2. The van der Waals surface area contributed by atoms with Crippen molar-refractivity contribution < 1.29 is 14.7 Å². The molecular formula is C14H14N4O3. The average molecular weight is 286 g/mol. The van der Waals surface area contributed by atoms with Gasteiger partial charge in [0.1, 0.15) is 5.54 Å². The van der Waals surface area contributed by atoms with Gasteiger partial charge in [0.25, 0.3) is 5.91 Å². The summed E-state index contributed by atoms with van der Waals surface area (Å²) in [4.78, 5) is 24.7. The predicted octanol–water partition coefficient (Wildman–Crippen LogP) is 1.00. The molecule has 0 bridgehead atoms. The van der Waals surface area contributed by atoms with Crippen molar-refractivity contribution >= 4 is 11.9 Å². The van der Waals surface area contributed by atoms with E-state index < -0.39 is 17.4 Å². The largest absolute Gasteiger partial charge is 0.480 e. The number of rotatable bonds is 4. The fourth-order valence-electron chi connectivity index (χ4n) is 2.26. The van der Waals surface area contributed by atoms with Crippen LogP contribution in [0.4, 0.5) is 0 Å². The first kappa shape index (κ1) is 13.3. The van der Waals surface area contributed by atoms with Gasteiger partial charge >= 0.3 is 5.97 Å². The Balaban J connectivity index is 1.77. The lowest BCUT2D eigenvalue weighted by Crippen LogP contribution is -2.59. The van der Waals surface area contributed by atoms with Crippen molar-refractivity contribution in [2.75, 3.05) is 0 Å². The van der Waals surface area contributed by atoms with E-state index in [9.17, 15) is 14.7 Å². The Hall–Kier alpha value is -2.70. The number of aliphatic carboxylic acids is 1. The zero-order valence-corrected chi connectivity index (χ0v) is 11.2. The van der Waals surface area contributed by atoms with E-state index in [2.05, 4.69) is 15.5 Å². The summed E-state index contributed by atoms with van der Waals surface area (Å²) in [5.41, 5.74) is -0.312. The molecule has 1 amide bonds. The van der Waals surface area contributed by atoms with Crippen LogP contribution in [0, 0.1) is 0 Å². The zero-order valence-electron chi connectivity index (χ0n) is 11.2. The number of aromatic nitrogens is 3. The highest BCUT2D eigenvalue weighted by Gasteiger charge is 2.46. The van der Waals surface area contributed by atoms with Gasteiger partial charge in [-0.15, -0.1) is 5.10 Å². The number of carbonyl (C=O) groups is 2. The van der Waals surface area contributed by atoms with Crippen LogP contribution in [0.2, 0.25) is 0 Å². The van der Waals surface area contributed by atoms with Gasteiger partial charge < -0.3 is 10.4 Å². The van der Waals surface area contributed by atoms with Crippen molar-refractivity contribution in [3.05, 3.63) is 42.2 Å². The van der Waals surface area contributed by atoms with E-state index in [0.29, 0.717) is 12.8 Å².